The van der Waals surface area contributed by atoms with Crippen molar-refractivity contribution in [3.8, 4) is 5.75 Å². The minimum Gasteiger partial charge on any atom is -0.440 e. The van der Waals surface area contributed by atoms with Crippen LogP contribution in [0.2, 0.25) is 0 Å². The van der Waals surface area contributed by atoms with Gasteiger partial charge in [0.25, 0.3) is 0 Å². The quantitative estimate of drug-likeness (QED) is 0.466. The standard InChI is InChI=1S/C15H19NO/c1-4-5-6-7-15(16)17-14-10-8-13(9-11-14)12(2)3/h4-12,16H,1-3H3/b5-4-,7-6-,16-15?. The zero-order valence-electron chi connectivity index (χ0n) is 10.6. The van der Waals surface area contributed by atoms with Gasteiger partial charge in [-0.05, 0) is 30.5 Å². The van der Waals surface area contributed by atoms with Gasteiger partial charge in [0.2, 0.25) is 5.90 Å². The first-order valence-corrected chi connectivity index (χ1v) is 5.79. The van der Waals surface area contributed by atoms with Crippen LogP contribution in [-0.2, 0) is 0 Å². The predicted octanol–water partition coefficient (Wildman–Crippen LogP) is 4.30. The van der Waals surface area contributed by atoms with Gasteiger partial charge in [0.05, 0.1) is 0 Å². The van der Waals surface area contributed by atoms with E-state index in [1.165, 1.54) is 5.56 Å². The average molecular weight is 229 g/mol. The highest BCUT2D eigenvalue weighted by Gasteiger charge is 2.00. The molecule has 2 heteroatoms. The number of ether oxygens (including phenoxy) is 1. The number of nitrogens with one attached hydrogen (secondary N) is 1. The minimum absolute atomic E-state index is 0.139. The molecule has 0 saturated heterocycles. The van der Waals surface area contributed by atoms with Gasteiger partial charge in [-0.2, -0.15) is 0 Å². The predicted molar refractivity (Wildman–Crippen MR) is 72.8 cm³/mol. The first-order chi connectivity index (χ1) is 8.13. The highest BCUT2D eigenvalue weighted by atomic mass is 16.5. The second-order valence-electron chi connectivity index (χ2n) is 4.07. The van der Waals surface area contributed by atoms with Crippen LogP contribution in [0.15, 0.2) is 48.6 Å². The van der Waals surface area contributed by atoms with Gasteiger partial charge < -0.3 is 4.74 Å². The van der Waals surface area contributed by atoms with E-state index in [4.69, 9.17) is 10.1 Å². The van der Waals surface area contributed by atoms with Gasteiger partial charge in [-0.1, -0.05) is 44.2 Å². The summed E-state index contributed by atoms with van der Waals surface area (Å²) in [5.41, 5.74) is 1.27. The van der Waals surface area contributed by atoms with E-state index in [0.29, 0.717) is 11.7 Å². The molecule has 0 heterocycles. The monoisotopic (exact) mass is 229 g/mol. The lowest BCUT2D eigenvalue weighted by Gasteiger charge is -2.07. The summed E-state index contributed by atoms with van der Waals surface area (Å²) in [5, 5.41) is 7.60. The van der Waals surface area contributed by atoms with Crippen molar-refractivity contribution in [2.45, 2.75) is 26.7 Å². The van der Waals surface area contributed by atoms with Crippen molar-refractivity contribution >= 4 is 5.90 Å². The summed E-state index contributed by atoms with van der Waals surface area (Å²) >= 11 is 0. The molecule has 0 fully saturated rings. The van der Waals surface area contributed by atoms with Gasteiger partial charge in [0.1, 0.15) is 5.75 Å². The summed E-state index contributed by atoms with van der Waals surface area (Å²) in [6.07, 6.45) is 7.17. The molecular weight excluding hydrogens is 210 g/mol. The molecule has 90 valence electrons. The summed E-state index contributed by atoms with van der Waals surface area (Å²) in [6, 6.07) is 7.85. The summed E-state index contributed by atoms with van der Waals surface area (Å²) in [7, 11) is 0. The van der Waals surface area contributed by atoms with Crippen molar-refractivity contribution in [2.24, 2.45) is 0 Å². The highest BCUT2D eigenvalue weighted by molar-refractivity contribution is 5.86. The fourth-order valence-corrected chi connectivity index (χ4v) is 1.34. The van der Waals surface area contributed by atoms with Gasteiger partial charge in [-0.25, -0.2) is 0 Å². The average Bonchev–Trinajstić information content (AvgIpc) is 2.30. The number of hydrogen-bond donors (Lipinski definition) is 1. The zero-order chi connectivity index (χ0) is 12.7. The van der Waals surface area contributed by atoms with Crippen molar-refractivity contribution in [1.82, 2.24) is 0 Å². The van der Waals surface area contributed by atoms with Gasteiger partial charge in [0, 0.05) is 6.08 Å². The van der Waals surface area contributed by atoms with E-state index >= 15 is 0 Å². The van der Waals surface area contributed by atoms with E-state index in [1.807, 2.05) is 43.3 Å². The molecule has 0 aliphatic rings. The number of hydrogen-bond acceptors (Lipinski definition) is 2. The Labute approximate surface area is 103 Å². The van der Waals surface area contributed by atoms with E-state index in [1.54, 1.807) is 12.2 Å². The Kier molecular flexibility index (Phi) is 5.21. The van der Waals surface area contributed by atoms with Crippen molar-refractivity contribution < 1.29 is 4.74 Å². The van der Waals surface area contributed by atoms with Crippen LogP contribution in [0.1, 0.15) is 32.3 Å². The Morgan fingerprint density at radius 1 is 1.18 bits per heavy atom. The largest absolute Gasteiger partial charge is 0.440 e. The number of rotatable bonds is 4. The molecule has 0 aliphatic heterocycles. The molecule has 0 unspecified atom stereocenters. The van der Waals surface area contributed by atoms with E-state index in [0.717, 1.165) is 0 Å². The van der Waals surface area contributed by atoms with Gasteiger partial charge in [0.15, 0.2) is 0 Å². The van der Waals surface area contributed by atoms with E-state index in [9.17, 15) is 0 Å². The smallest absolute Gasteiger partial charge is 0.211 e. The van der Waals surface area contributed by atoms with Crippen LogP contribution in [0, 0.1) is 5.41 Å². The Morgan fingerprint density at radius 2 is 1.82 bits per heavy atom. The molecule has 17 heavy (non-hydrogen) atoms. The summed E-state index contributed by atoms with van der Waals surface area (Å²) in [4.78, 5) is 0. The lowest BCUT2D eigenvalue weighted by atomic mass is 10.0. The maximum Gasteiger partial charge on any atom is 0.211 e. The molecule has 0 atom stereocenters. The van der Waals surface area contributed by atoms with Crippen molar-refractivity contribution in [2.75, 3.05) is 0 Å². The van der Waals surface area contributed by atoms with Crippen LogP contribution >= 0.6 is 0 Å². The third-order valence-electron chi connectivity index (χ3n) is 2.33. The minimum atomic E-state index is 0.139. The lowest BCUT2D eigenvalue weighted by molar-refractivity contribution is 0.550. The molecule has 1 aromatic carbocycles. The van der Waals surface area contributed by atoms with Crippen LogP contribution in [0.25, 0.3) is 0 Å². The third kappa shape index (κ3) is 4.68. The fourth-order valence-electron chi connectivity index (χ4n) is 1.34. The SMILES string of the molecule is C/C=C\C=C/C(=N)Oc1ccc(C(C)C)cc1. The highest BCUT2D eigenvalue weighted by Crippen LogP contribution is 2.18. The Morgan fingerprint density at radius 3 is 2.35 bits per heavy atom. The molecule has 0 aliphatic carbocycles. The second-order valence-corrected chi connectivity index (χ2v) is 4.07. The summed E-state index contributed by atoms with van der Waals surface area (Å²) in [6.45, 7) is 6.23. The summed E-state index contributed by atoms with van der Waals surface area (Å²) in [5.74, 6) is 1.35. The van der Waals surface area contributed by atoms with Crippen LogP contribution in [0.4, 0.5) is 0 Å². The molecule has 0 amide bonds. The summed E-state index contributed by atoms with van der Waals surface area (Å²) < 4.78 is 5.36. The molecular formula is C15H19NO. The van der Waals surface area contributed by atoms with Crippen molar-refractivity contribution in [1.29, 1.82) is 5.41 Å². The number of benzene rings is 1. The molecule has 1 aromatic rings. The molecule has 0 saturated carbocycles. The maximum atomic E-state index is 7.60. The molecule has 2 nitrogen and oxygen atoms in total. The van der Waals surface area contributed by atoms with Crippen LogP contribution in [-0.4, -0.2) is 5.90 Å². The second kappa shape index (κ2) is 6.69. The van der Waals surface area contributed by atoms with Crippen molar-refractivity contribution in [3.05, 3.63) is 54.1 Å². The van der Waals surface area contributed by atoms with E-state index in [2.05, 4.69) is 13.8 Å². The lowest BCUT2D eigenvalue weighted by Crippen LogP contribution is -2.02. The maximum absolute atomic E-state index is 7.60. The molecule has 0 spiro atoms. The van der Waals surface area contributed by atoms with Gasteiger partial charge in [-0.3, -0.25) is 5.41 Å². The first-order valence-electron chi connectivity index (χ1n) is 5.79. The fraction of sp³-hybridized carbons (Fsp3) is 0.267. The zero-order valence-corrected chi connectivity index (χ0v) is 10.6. The molecule has 0 aromatic heterocycles. The topological polar surface area (TPSA) is 33.1 Å². The molecule has 0 radical (unpaired) electrons. The number of allylic oxidation sites excluding steroid dienone is 3. The third-order valence-corrected chi connectivity index (χ3v) is 2.33. The van der Waals surface area contributed by atoms with Gasteiger partial charge in [-0.15, -0.1) is 0 Å². The van der Waals surface area contributed by atoms with E-state index < -0.39 is 0 Å². The van der Waals surface area contributed by atoms with E-state index in [-0.39, 0.29) is 5.90 Å². The van der Waals surface area contributed by atoms with Crippen LogP contribution < -0.4 is 4.74 Å². The van der Waals surface area contributed by atoms with Crippen LogP contribution in [0.5, 0.6) is 5.75 Å². The Balaban J connectivity index is 2.60. The van der Waals surface area contributed by atoms with Gasteiger partial charge >= 0.3 is 0 Å². The molecule has 1 N–H and O–H groups in total. The first kappa shape index (κ1) is 13.2. The Hall–Kier alpha value is -1.83. The van der Waals surface area contributed by atoms with Crippen LogP contribution in [0.3, 0.4) is 0 Å². The molecule has 1 rings (SSSR count). The normalized spacial score (nSPS) is 11.5. The van der Waals surface area contributed by atoms with Crippen molar-refractivity contribution in [3.63, 3.8) is 0 Å². The Bertz CT molecular complexity index is 413. The molecule has 0 bridgehead atoms.